The van der Waals surface area contributed by atoms with Gasteiger partial charge in [-0.3, -0.25) is 0 Å². The van der Waals surface area contributed by atoms with Crippen LogP contribution in [0.3, 0.4) is 0 Å². The molecule has 0 saturated carbocycles. The Bertz CT molecular complexity index is 353. The van der Waals surface area contributed by atoms with Crippen molar-refractivity contribution in [3.05, 3.63) is 29.6 Å². The predicted octanol–water partition coefficient (Wildman–Crippen LogP) is 1.78. The molecule has 1 aromatic carbocycles. The van der Waals surface area contributed by atoms with Crippen molar-refractivity contribution in [2.75, 3.05) is 6.61 Å². The summed E-state index contributed by atoms with van der Waals surface area (Å²) in [4.78, 5) is 0. The number of hydrogen-bond donors (Lipinski definition) is 3. The van der Waals surface area contributed by atoms with Crippen molar-refractivity contribution in [2.45, 2.75) is 32.4 Å². The highest BCUT2D eigenvalue weighted by molar-refractivity contribution is 5.32. The quantitative estimate of drug-likeness (QED) is 0.718. The molecule has 1 aromatic rings. The van der Waals surface area contributed by atoms with Crippen LogP contribution in [0.15, 0.2) is 18.2 Å². The van der Waals surface area contributed by atoms with E-state index in [1.807, 2.05) is 13.8 Å². The number of halogens is 1. The third kappa shape index (κ3) is 3.79. The van der Waals surface area contributed by atoms with E-state index in [9.17, 15) is 9.50 Å². The van der Waals surface area contributed by atoms with Crippen LogP contribution in [0.4, 0.5) is 4.39 Å². The molecule has 1 rings (SSSR count). The summed E-state index contributed by atoms with van der Waals surface area (Å²) in [6.45, 7) is 4.35. The van der Waals surface area contributed by atoms with Gasteiger partial charge >= 0.3 is 0 Å². The van der Waals surface area contributed by atoms with E-state index in [-0.39, 0.29) is 23.7 Å². The normalized spacial score (nSPS) is 11.8. The smallest absolute Gasteiger partial charge is 0.123 e. The first-order valence-corrected chi connectivity index (χ1v) is 5.28. The minimum absolute atomic E-state index is 0.0775. The number of phenolic OH excluding ortho intramolecular Hbond substituents is 1. The maximum atomic E-state index is 12.9. The van der Waals surface area contributed by atoms with Crippen LogP contribution in [-0.2, 0) is 6.54 Å². The summed E-state index contributed by atoms with van der Waals surface area (Å²) in [6, 6.07) is 3.86. The molecule has 0 heterocycles. The fourth-order valence-electron chi connectivity index (χ4n) is 1.40. The zero-order chi connectivity index (χ0) is 12.2. The Morgan fingerprint density at radius 3 is 2.69 bits per heavy atom. The van der Waals surface area contributed by atoms with Gasteiger partial charge in [-0.25, -0.2) is 4.39 Å². The molecule has 0 bridgehead atoms. The molecule has 0 amide bonds. The van der Waals surface area contributed by atoms with E-state index >= 15 is 0 Å². The van der Waals surface area contributed by atoms with E-state index in [2.05, 4.69) is 5.32 Å². The van der Waals surface area contributed by atoms with Crippen molar-refractivity contribution < 1.29 is 14.6 Å². The SMILES string of the molecule is CC(C)(CCO)NCc1cc(F)ccc1O. The number of aliphatic hydroxyl groups is 1. The maximum Gasteiger partial charge on any atom is 0.123 e. The minimum Gasteiger partial charge on any atom is -0.508 e. The van der Waals surface area contributed by atoms with E-state index in [0.717, 1.165) is 0 Å². The second-order valence-corrected chi connectivity index (χ2v) is 4.48. The number of rotatable bonds is 5. The van der Waals surface area contributed by atoms with E-state index in [0.29, 0.717) is 18.5 Å². The van der Waals surface area contributed by atoms with Gasteiger partial charge in [-0.05, 0) is 38.5 Å². The van der Waals surface area contributed by atoms with Crippen LogP contribution in [0.25, 0.3) is 0 Å². The Labute approximate surface area is 94.9 Å². The lowest BCUT2D eigenvalue weighted by molar-refractivity contribution is 0.229. The summed E-state index contributed by atoms with van der Waals surface area (Å²) in [5.74, 6) is -0.289. The number of phenols is 1. The lowest BCUT2D eigenvalue weighted by Gasteiger charge is -2.25. The van der Waals surface area contributed by atoms with Crippen molar-refractivity contribution >= 4 is 0 Å². The van der Waals surface area contributed by atoms with Gasteiger partial charge in [-0.15, -0.1) is 0 Å². The number of aromatic hydroxyl groups is 1. The molecule has 0 fully saturated rings. The Hall–Kier alpha value is -1.13. The van der Waals surface area contributed by atoms with E-state index in [1.54, 1.807) is 0 Å². The molecule has 0 atom stereocenters. The first kappa shape index (κ1) is 12.9. The Morgan fingerprint density at radius 2 is 2.06 bits per heavy atom. The van der Waals surface area contributed by atoms with Crippen molar-refractivity contribution in [1.82, 2.24) is 5.32 Å². The zero-order valence-electron chi connectivity index (χ0n) is 9.63. The van der Waals surface area contributed by atoms with Crippen LogP contribution < -0.4 is 5.32 Å². The Morgan fingerprint density at radius 1 is 1.38 bits per heavy atom. The first-order chi connectivity index (χ1) is 7.44. The van der Waals surface area contributed by atoms with Gasteiger partial charge in [-0.2, -0.15) is 0 Å². The van der Waals surface area contributed by atoms with E-state index in [1.165, 1.54) is 18.2 Å². The molecule has 4 heteroatoms. The summed E-state index contributed by atoms with van der Waals surface area (Å²) in [5.41, 5.74) is 0.277. The third-order valence-electron chi connectivity index (χ3n) is 2.54. The first-order valence-electron chi connectivity index (χ1n) is 5.28. The molecule has 90 valence electrons. The van der Waals surface area contributed by atoms with Crippen LogP contribution >= 0.6 is 0 Å². The molecular formula is C12H18FNO2. The molecule has 0 aliphatic heterocycles. The van der Waals surface area contributed by atoms with Gasteiger partial charge in [-0.1, -0.05) is 0 Å². The lowest BCUT2D eigenvalue weighted by atomic mass is 10.0. The number of aliphatic hydroxyl groups excluding tert-OH is 1. The second-order valence-electron chi connectivity index (χ2n) is 4.48. The molecule has 0 aromatic heterocycles. The van der Waals surface area contributed by atoms with Gasteiger partial charge in [0.15, 0.2) is 0 Å². The van der Waals surface area contributed by atoms with Gasteiger partial charge in [0, 0.05) is 24.3 Å². The van der Waals surface area contributed by atoms with Gasteiger partial charge in [0.2, 0.25) is 0 Å². The van der Waals surface area contributed by atoms with Crippen molar-refractivity contribution in [3.8, 4) is 5.75 Å². The second kappa shape index (κ2) is 5.27. The zero-order valence-corrected chi connectivity index (χ0v) is 9.63. The van der Waals surface area contributed by atoms with Gasteiger partial charge < -0.3 is 15.5 Å². The molecular weight excluding hydrogens is 209 g/mol. The number of hydrogen-bond acceptors (Lipinski definition) is 3. The molecule has 0 aliphatic carbocycles. The molecule has 3 nitrogen and oxygen atoms in total. The Balaban J connectivity index is 2.63. The maximum absolute atomic E-state index is 12.9. The predicted molar refractivity (Wildman–Crippen MR) is 60.7 cm³/mol. The van der Waals surface area contributed by atoms with Gasteiger partial charge in [0.1, 0.15) is 11.6 Å². The standard InChI is InChI=1S/C12H18FNO2/c1-12(2,5-6-15)14-8-9-7-10(13)3-4-11(9)16/h3-4,7,14-16H,5-6,8H2,1-2H3. The number of benzene rings is 1. The minimum atomic E-state index is -0.366. The highest BCUT2D eigenvalue weighted by Gasteiger charge is 2.16. The summed E-state index contributed by atoms with van der Waals surface area (Å²) in [7, 11) is 0. The monoisotopic (exact) mass is 227 g/mol. The molecule has 16 heavy (non-hydrogen) atoms. The fourth-order valence-corrected chi connectivity index (χ4v) is 1.40. The topological polar surface area (TPSA) is 52.5 Å². The Kier molecular flexibility index (Phi) is 4.26. The van der Waals surface area contributed by atoms with Crippen LogP contribution in [0.1, 0.15) is 25.8 Å². The van der Waals surface area contributed by atoms with E-state index < -0.39 is 0 Å². The van der Waals surface area contributed by atoms with Gasteiger partial charge in [0.25, 0.3) is 0 Å². The average Bonchev–Trinajstić information content (AvgIpc) is 2.19. The largest absolute Gasteiger partial charge is 0.508 e. The molecule has 0 unspecified atom stereocenters. The average molecular weight is 227 g/mol. The fraction of sp³-hybridized carbons (Fsp3) is 0.500. The van der Waals surface area contributed by atoms with Crippen LogP contribution in [0.2, 0.25) is 0 Å². The van der Waals surface area contributed by atoms with Crippen molar-refractivity contribution in [2.24, 2.45) is 0 Å². The van der Waals surface area contributed by atoms with Crippen molar-refractivity contribution in [1.29, 1.82) is 0 Å². The highest BCUT2D eigenvalue weighted by atomic mass is 19.1. The molecule has 0 aliphatic rings. The summed E-state index contributed by atoms with van der Waals surface area (Å²) in [5, 5.41) is 21.5. The third-order valence-corrected chi connectivity index (χ3v) is 2.54. The van der Waals surface area contributed by atoms with Crippen LogP contribution in [0.5, 0.6) is 5.75 Å². The lowest BCUT2D eigenvalue weighted by Crippen LogP contribution is -2.39. The van der Waals surface area contributed by atoms with Crippen molar-refractivity contribution in [3.63, 3.8) is 0 Å². The molecule has 0 radical (unpaired) electrons. The number of nitrogens with one attached hydrogen (secondary N) is 1. The summed E-state index contributed by atoms with van der Waals surface area (Å²) in [6.07, 6.45) is 0.600. The van der Waals surface area contributed by atoms with Crippen LogP contribution in [0, 0.1) is 5.82 Å². The summed E-state index contributed by atoms with van der Waals surface area (Å²) >= 11 is 0. The summed E-state index contributed by atoms with van der Waals surface area (Å²) < 4.78 is 12.9. The van der Waals surface area contributed by atoms with Gasteiger partial charge in [0.05, 0.1) is 0 Å². The van der Waals surface area contributed by atoms with Crippen LogP contribution in [-0.4, -0.2) is 22.4 Å². The molecule has 0 spiro atoms. The molecule has 3 N–H and O–H groups in total. The molecule has 0 saturated heterocycles. The van der Waals surface area contributed by atoms with E-state index in [4.69, 9.17) is 5.11 Å². The highest BCUT2D eigenvalue weighted by Crippen LogP contribution is 2.19.